The summed E-state index contributed by atoms with van der Waals surface area (Å²) < 4.78 is 0. The van der Waals surface area contributed by atoms with Crippen LogP contribution < -0.4 is 16.4 Å². The van der Waals surface area contributed by atoms with Crippen LogP contribution >= 0.6 is 0 Å². The summed E-state index contributed by atoms with van der Waals surface area (Å²) in [6.07, 6.45) is 1.13. The second kappa shape index (κ2) is 9.37. The third-order valence-electron chi connectivity index (χ3n) is 3.37. The maximum Gasteiger partial charge on any atom is 0.319 e. The second-order valence-electron chi connectivity index (χ2n) is 5.23. The molecule has 0 aliphatic rings. The topological polar surface area (TPSA) is 70.4 Å². The van der Waals surface area contributed by atoms with Crippen LogP contribution in [0.15, 0.2) is 24.3 Å². The van der Waals surface area contributed by atoms with E-state index in [2.05, 4.69) is 29.4 Å². The summed E-state index contributed by atoms with van der Waals surface area (Å²) in [7, 11) is 0. The molecular weight excluding hydrogens is 264 g/mol. The predicted molar refractivity (Wildman–Crippen MR) is 88.5 cm³/mol. The van der Waals surface area contributed by atoms with E-state index in [-0.39, 0.29) is 12.1 Å². The summed E-state index contributed by atoms with van der Waals surface area (Å²) in [4.78, 5) is 14.2. The Bertz CT molecular complexity index is 434. The number of hydrogen-bond acceptors (Lipinski definition) is 3. The van der Waals surface area contributed by atoms with Crippen molar-refractivity contribution in [1.82, 2.24) is 10.2 Å². The first-order chi connectivity index (χ1) is 10.1. The van der Waals surface area contributed by atoms with E-state index in [4.69, 9.17) is 5.73 Å². The van der Waals surface area contributed by atoms with Crippen LogP contribution in [-0.2, 0) is 0 Å². The third-order valence-corrected chi connectivity index (χ3v) is 3.37. The highest BCUT2D eigenvalue weighted by atomic mass is 16.2. The first-order valence-electron chi connectivity index (χ1n) is 7.69. The summed E-state index contributed by atoms with van der Waals surface area (Å²) in [5.74, 6) is 0. The molecule has 0 heterocycles. The number of benzene rings is 1. The molecule has 0 saturated heterocycles. The third kappa shape index (κ3) is 6.60. The lowest BCUT2D eigenvalue weighted by molar-refractivity contribution is 0.246. The minimum absolute atomic E-state index is 0.0398. The Balaban J connectivity index is 2.38. The molecule has 0 aromatic heterocycles. The van der Waals surface area contributed by atoms with Crippen molar-refractivity contribution in [2.24, 2.45) is 5.73 Å². The van der Waals surface area contributed by atoms with Gasteiger partial charge in [-0.25, -0.2) is 4.79 Å². The van der Waals surface area contributed by atoms with Crippen molar-refractivity contribution in [2.45, 2.75) is 33.2 Å². The SMILES string of the molecule is CCCN(CC)CCNC(=O)Nc1cccc(C(C)N)c1. The lowest BCUT2D eigenvalue weighted by Crippen LogP contribution is -2.37. The molecule has 1 unspecified atom stereocenters. The Kier molecular flexibility index (Phi) is 7.79. The van der Waals surface area contributed by atoms with E-state index in [1.54, 1.807) is 0 Å². The lowest BCUT2D eigenvalue weighted by Gasteiger charge is -2.19. The Morgan fingerprint density at radius 3 is 2.71 bits per heavy atom. The molecule has 4 N–H and O–H groups in total. The first-order valence-corrected chi connectivity index (χ1v) is 7.69. The fourth-order valence-electron chi connectivity index (χ4n) is 2.15. The molecule has 2 amide bonds. The number of nitrogens with zero attached hydrogens (tertiary/aromatic N) is 1. The first kappa shape index (κ1) is 17.5. The molecule has 1 aromatic carbocycles. The van der Waals surface area contributed by atoms with Crippen molar-refractivity contribution < 1.29 is 4.79 Å². The molecule has 1 atom stereocenters. The second-order valence-corrected chi connectivity index (χ2v) is 5.23. The van der Waals surface area contributed by atoms with Gasteiger partial charge >= 0.3 is 6.03 Å². The number of carbonyl (C=O) groups excluding carboxylic acids is 1. The summed E-state index contributed by atoms with van der Waals surface area (Å²) in [5, 5.41) is 5.72. The van der Waals surface area contributed by atoms with Crippen molar-refractivity contribution in [3.05, 3.63) is 29.8 Å². The van der Waals surface area contributed by atoms with E-state index < -0.39 is 0 Å². The van der Waals surface area contributed by atoms with Crippen molar-refractivity contribution in [3.8, 4) is 0 Å². The smallest absolute Gasteiger partial charge is 0.319 e. The average Bonchev–Trinajstić information content (AvgIpc) is 2.46. The maximum atomic E-state index is 11.8. The zero-order valence-corrected chi connectivity index (χ0v) is 13.4. The number of nitrogens with two attached hydrogens (primary N) is 1. The normalized spacial score (nSPS) is 12.2. The van der Waals surface area contributed by atoms with Gasteiger partial charge in [0, 0.05) is 24.8 Å². The molecule has 0 bridgehead atoms. The fourth-order valence-corrected chi connectivity index (χ4v) is 2.15. The van der Waals surface area contributed by atoms with Crippen LogP contribution in [-0.4, -0.2) is 37.1 Å². The maximum absolute atomic E-state index is 11.8. The number of anilines is 1. The summed E-state index contributed by atoms with van der Waals surface area (Å²) in [6, 6.07) is 7.40. The molecule has 0 spiro atoms. The van der Waals surface area contributed by atoms with Crippen LogP contribution in [0.1, 0.15) is 38.8 Å². The molecule has 1 aromatic rings. The van der Waals surface area contributed by atoms with E-state index in [1.165, 1.54) is 0 Å². The lowest BCUT2D eigenvalue weighted by atomic mass is 10.1. The van der Waals surface area contributed by atoms with Gasteiger partial charge in [0.25, 0.3) is 0 Å². The number of rotatable bonds is 8. The van der Waals surface area contributed by atoms with Gasteiger partial charge in [-0.3, -0.25) is 0 Å². The Morgan fingerprint density at radius 1 is 1.33 bits per heavy atom. The van der Waals surface area contributed by atoms with Crippen molar-refractivity contribution in [1.29, 1.82) is 0 Å². The highest BCUT2D eigenvalue weighted by molar-refractivity contribution is 5.89. The van der Waals surface area contributed by atoms with E-state index in [1.807, 2.05) is 31.2 Å². The zero-order valence-electron chi connectivity index (χ0n) is 13.4. The van der Waals surface area contributed by atoms with Crippen LogP contribution in [0.25, 0.3) is 0 Å². The Morgan fingerprint density at radius 2 is 2.10 bits per heavy atom. The molecule has 0 radical (unpaired) electrons. The summed E-state index contributed by atoms with van der Waals surface area (Å²) in [6.45, 7) is 9.81. The predicted octanol–water partition coefficient (Wildman–Crippen LogP) is 2.56. The molecule has 21 heavy (non-hydrogen) atoms. The minimum Gasteiger partial charge on any atom is -0.337 e. The van der Waals surface area contributed by atoms with Gasteiger partial charge in [0.05, 0.1) is 0 Å². The standard InChI is InChI=1S/C16H28N4O/c1-4-10-20(5-2)11-9-18-16(21)19-15-8-6-7-14(12-15)13(3)17/h6-8,12-13H,4-5,9-11,17H2,1-3H3,(H2,18,19,21). The van der Waals surface area contributed by atoms with Crippen LogP contribution in [0.4, 0.5) is 10.5 Å². The van der Waals surface area contributed by atoms with Crippen molar-refractivity contribution in [2.75, 3.05) is 31.5 Å². The van der Waals surface area contributed by atoms with Crippen LogP contribution in [0, 0.1) is 0 Å². The molecule has 0 fully saturated rings. The number of urea groups is 1. The number of likely N-dealkylation sites (N-methyl/N-ethyl adjacent to an activating group) is 1. The molecule has 1 rings (SSSR count). The largest absolute Gasteiger partial charge is 0.337 e. The van der Waals surface area contributed by atoms with Crippen LogP contribution in [0.5, 0.6) is 0 Å². The van der Waals surface area contributed by atoms with Gasteiger partial charge in [-0.2, -0.15) is 0 Å². The average molecular weight is 292 g/mol. The Labute approximate surface area is 127 Å². The number of carbonyl (C=O) groups is 1. The van der Waals surface area contributed by atoms with E-state index in [0.717, 1.165) is 37.3 Å². The highest BCUT2D eigenvalue weighted by Crippen LogP contribution is 2.15. The van der Waals surface area contributed by atoms with Gasteiger partial charge in [0.15, 0.2) is 0 Å². The van der Waals surface area contributed by atoms with Gasteiger partial charge in [-0.05, 0) is 44.1 Å². The van der Waals surface area contributed by atoms with Gasteiger partial charge < -0.3 is 21.3 Å². The van der Waals surface area contributed by atoms with Crippen molar-refractivity contribution >= 4 is 11.7 Å². The van der Waals surface area contributed by atoms with E-state index in [0.29, 0.717) is 6.54 Å². The minimum atomic E-state index is -0.177. The molecule has 0 saturated carbocycles. The van der Waals surface area contributed by atoms with Crippen LogP contribution in [0.2, 0.25) is 0 Å². The molecule has 5 heteroatoms. The molecule has 118 valence electrons. The van der Waals surface area contributed by atoms with Gasteiger partial charge in [0.1, 0.15) is 0 Å². The summed E-state index contributed by atoms with van der Waals surface area (Å²) >= 11 is 0. The summed E-state index contributed by atoms with van der Waals surface area (Å²) in [5.41, 5.74) is 7.61. The van der Waals surface area contributed by atoms with Gasteiger partial charge in [-0.15, -0.1) is 0 Å². The number of nitrogens with one attached hydrogen (secondary N) is 2. The van der Waals surface area contributed by atoms with Gasteiger partial charge in [0.2, 0.25) is 0 Å². The van der Waals surface area contributed by atoms with E-state index in [9.17, 15) is 4.79 Å². The van der Waals surface area contributed by atoms with Gasteiger partial charge in [-0.1, -0.05) is 26.0 Å². The number of amides is 2. The molecular formula is C16H28N4O. The van der Waals surface area contributed by atoms with Crippen molar-refractivity contribution in [3.63, 3.8) is 0 Å². The highest BCUT2D eigenvalue weighted by Gasteiger charge is 2.05. The molecule has 0 aliphatic carbocycles. The Hall–Kier alpha value is -1.59. The molecule has 0 aliphatic heterocycles. The monoisotopic (exact) mass is 292 g/mol. The molecule has 5 nitrogen and oxygen atoms in total. The quantitative estimate of drug-likeness (QED) is 0.689. The fraction of sp³-hybridized carbons (Fsp3) is 0.562. The van der Waals surface area contributed by atoms with Crippen LogP contribution in [0.3, 0.4) is 0 Å². The zero-order chi connectivity index (χ0) is 15.7. The van der Waals surface area contributed by atoms with E-state index >= 15 is 0 Å². The number of hydrogen-bond donors (Lipinski definition) is 3.